The Bertz CT molecular complexity index is 3200. The highest BCUT2D eigenvalue weighted by Gasteiger charge is 2.47. The molecule has 398 valence electrons. The molecule has 0 radical (unpaired) electrons. The lowest BCUT2D eigenvalue weighted by Crippen LogP contribution is -2.39. The highest BCUT2D eigenvalue weighted by atomic mass is 32.5. The number of ether oxygens (including phenoxy) is 5. The molecule has 8 rings (SSSR count). The van der Waals surface area contributed by atoms with Crippen LogP contribution in [0.3, 0.4) is 0 Å². The molecule has 2 aliphatic heterocycles. The van der Waals surface area contributed by atoms with Crippen molar-refractivity contribution in [2.75, 3.05) is 32.8 Å². The smallest absolute Gasteiger partial charge is 0.330 e. The third kappa shape index (κ3) is 12.0. The van der Waals surface area contributed by atoms with Crippen LogP contribution in [0.2, 0.25) is 0 Å². The second-order valence-corrected chi connectivity index (χ2v) is 22.6. The molecular weight excluding hydrogens is 1010 g/mol. The van der Waals surface area contributed by atoms with Gasteiger partial charge >= 0.3 is 12.4 Å². The number of aromatic amines is 2. The number of nitrogens with zero attached hydrogens (tertiary/aromatic N) is 5. The quantitative estimate of drug-likeness (QED) is 0.0469. The predicted molar refractivity (Wildman–Crippen MR) is 279 cm³/mol. The van der Waals surface area contributed by atoms with Crippen molar-refractivity contribution in [2.24, 2.45) is 11.3 Å². The molecule has 23 heteroatoms. The Balaban J connectivity index is 1.15. The van der Waals surface area contributed by atoms with Crippen LogP contribution < -0.4 is 31.6 Å². The topological polar surface area (TPSA) is 265 Å². The van der Waals surface area contributed by atoms with E-state index in [4.69, 9.17) is 49.1 Å². The van der Waals surface area contributed by atoms with Crippen molar-refractivity contribution >= 4 is 41.5 Å². The number of aliphatic hydroxyl groups is 1. The second kappa shape index (κ2) is 22.8. The first-order valence-electron chi connectivity index (χ1n) is 24.3. The molecule has 3 aromatic heterocycles. The highest BCUT2D eigenvalue weighted by Crippen LogP contribution is 2.57. The Labute approximate surface area is 437 Å². The first kappa shape index (κ1) is 54.9. The summed E-state index contributed by atoms with van der Waals surface area (Å²) in [7, 11) is 3.17. The van der Waals surface area contributed by atoms with Gasteiger partial charge in [-0.15, -0.1) is 0 Å². The third-order valence-electron chi connectivity index (χ3n) is 13.1. The van der Waals surface area contributed by atoms with Crippen LogP contribution in [0.1, 0.15) is 88.6 Å². The van der Waals surface area contributed by atoms with Crippen LogP contribution in [-0.2, 0) is 50.0 Å². The van der Waals surface area contributed by atoms with Crippen LogP contribution >= 0.6 is 6.72 Å². The molecule has 2 aliphatic rings. The van der Waals surface area contributed by atoms with Gasteiger partial charge in [-0.05, 0) is 65.1 Å². The zero-order valence-electron chi connectivity index (χ0n) is 42.8. The maximum absolute atomic E-state index is 13.5. The van der Waals surface area contributed by atoms with Gasteiger partial charge in [0.15, 0.2) is 11.2 Å². The van der Waals surface area contributed by atoms with Gasteiger partial charge in [-0.3, -0.25) is 38.8 Å². The minimum atomic E-state index is -4.06. The number of carbonyl (C=O) groups is 1. The molecule has 0 aliphatic carbocycles. The molecule has 5 heterocycles. The summed E-state index contributed by atoms with van der Waals surface area (Å²) < 4.78 is 54.3. The van der Waals surface area contributed by atoms with Gasteiger partial charge in [0.05, 0.1) is 64.6 Å². The number of aliphatic hydroxyl groups excluding tert-OH is 1. The normalized spacial score (nSPS) is 21.2. The number of fused-ring (bicyclic) bond motifs is 1. The standard InChI is InChI=1S/C52H61N8O13PS/c1-30(2)46(62)56-49-55-45-44(48(64)57-49)54-29-60(45)42-24-37(61)39(70-42)28-69-74(75,73-41(22-23-53)51(4,5)6)72-38-25-43(59-26-31(3)47(63)58-50(59)65)71-40(38)27-68-52(32-12-10-9-11-13-32,33-14-18-35(66-7)19-15-33)34-16-20-36(67-8)21-17-34/h9-21,26,29-30,37-43,61H,22,24-25,27-28H2,1-8H3,(H,58,63,65)(H2,55,56,57,62,64)/t37-,38-,39+,40+,41?,42+,43+,74?/m0/s1. The number of carbonyl (C=O) groups excluding carboxylic acids is 1. The number of amides is 1. The van der Waals surface area contributed by atoms with Crippen LogP contribution in [0.5, 0.6) is 11.5 Å². The molecule has 1 amide bonds. The van der Waals surface area contributed by atoms with E-state index < -0.39 is 83.4 Å². The van der Waals surface area contributed by atoms with E-state index in [1.165, 1.54) is 21.7 Å². The summed E-state index contributed by atoms with van der Waals surface area (Å²) >= 11 is 6.30. The Morgan fingerprint density at radius 3 is 2.11 bits per heavy atom. The number of rotatable bonds is 20. The van der Waals surface area contributed by atoms with E-state index in [2.05, 4.69) is 31.3 Å². The van der Waals surface area contributed by atoms with E-state index in [1.54, 1.807) is 35.0 Å². The first-order valence-corrected chi connectivity index (χ1v) is 26.9. The Morgan fingerprint density at radius 2 is 1.51 bits per heavy atom. The molecule has 2 saturated heterocycles. The fourth-order valence-electron chi connectivity index (χ4n) is 8.86. The fourth-order valence-corrected chi connectivity index (χ4v) is 11.4. The lowest BCUT2D eigenvalue weighted by Gasteiger charge is -2.38. The van der Waals surface area contributed by atoms with Crippen molar-refractivity contribution in [3.8, 4) is 17.6 Å². The molecule has 0 saturated carbocycles. The molecular formula is C52H61N8O13PS. The van der Waals surface area contributed by atoms with Crippen molar-refractivity contribution in [2.45, 2.75) is 109 Å². The van der Waals surface area contributed by atoms with Gasteiger partial charge in [0.25, 0.3) is 11.1 Å². The van der Waals surface area contributed by atoms with Gasteiger partial charge in [0.2, 0.25) is 11.9 Å². The van der Waals surface area contributed by atoms with Crippen molar-refractivity contribution < 1.29 is 47.2 Å². The molecule has 75 heavy (non-hydrogen) atoms. The van der Waals surface area contributed by atoms with E-state index in [-0.39, 0.29) is 61.1 Å². The molecule has 2 unspecified atom stereocenters. The molecule has 21 nitrogen and oxygen atoms in total. The van der Waals surface area contributed by atoms with Crippen LogP contribution in [0.25, 0.3) is 11.2 Å². The third-order valence-corrected chi connectivity index (χ3v) is 15.5. The summed E-state index contributed by atoms with van der Waals surface area (Å²) in [6, 6.07) is 26.8. The number of nitrogens with one attached hydrogen (secondary N) is 3. The van der Waals surface area contributed by atoms with Crippen molar-refractivity contribution in [3.63, 3.8) is 0 Å². The molecule has 4 N–H and O–H groups in total. The number of hydrogen-bond donors (Lipinski definition) is 4. The number of aryl methyl sites for hydroxylation is 1. The SMILES string of the molecule is COc1ccc(C(OC[C@H]2O[C@@H](n3cc(C)c(=O)[nH]c3=O)C[C@@H]2OP(=S)(OC[C@H]2O[C@@H](n3cnc4c(=O)[nH]c(NC(=O)C(C)C)nc43)C[C@@H]2O)OC(CC#N)C(C)(C)C)(c2ccccc2)c2ccc(OC)cc2)cc1. The summed E-state index contributed by atoms with van der Waals surface area (Å²) in [5.74, 6) is 0.415. The molecule has 6 aromatic rings. The maximum Gasteiger partial charge on any atom is 0.330 e. The summed E-state index contributed by atoms with van der Waals surface area (Å²) in [5, 5.41) is 24.1. The minimum absolute atomic E-state index is 0.0118. The number of hydrogen-bond acceptors (Lipinski definition) is 17. The molecule has 3 aromatic carbocycles. The van der Waals surface area contributed by atoms with Crippen molar-refractivity contribution in [1.29, 1.82) is 5.26 Å². The maximum atomic E-state index is 13.5. The van der Waals surface area contributed by atoms with E-state index in [0.717, 1.165) is 16.7 Å². The van der Waals surface area contributed by atoms with Crippen LogP contribution in [-0.4, -0.2) is 98.0 Å². The van der Waals surface area contributed by atoms with Crippen molar-refractivity contribution in [3.05, 3.63) is 145 Å². The lowest BCUT2D eigenvalue weighted by molar-refractivity contribution is -0.118. The fraction of sp³-hybridized carbons (Fsp3) is 0.442. The summed E-state index contributed by atoms with van der Waals surface area (Å²) in [6.07, 6.45) is -4.29. The van der Waals surface area contributed by atoms with E-state index >= 15 is 0 Å². The molecule has 0 bridgehead atoms. The first-order chi connectivity index (χ1) is 35.7. The largest absolute Gasteiger partial charge is 0.497 e. The summed E-state index contributed by atoms with van der Waals surface area (Å²) in [5.41, 5.74) is -1.25. The van der Waals surface area contributed by atoms with E-state index in [1.807, 2.05) is 99.6 Å². The number of H-pyrrole nitrogens is 2. The van der Waals surface area contributed by atoms with E-state index in [9.17, 15) is 29.5 Å². The van der Waals surface area contributed by atoms with Gasteiger partial charge in [-0.2, -0.15) is 10.2 Å². The van der Waals surface area contributed by atoms with Gasteiger partial charge in [0, 0.05) is 30.5 Å². The second-order valence-electron chi connectivity index (χ2n) is 19.7. The molecule has 0 spiro atoms. The van der Waals surface area contributed by atoms with Gasteiger partial charge in [-0.1, -0.05) is 89.2 Å². The van der Waals surface area contributed by atoms with Crippen LogP contribution in [0.4, 0.5) is 5.95 Å². The predicted octanol–water partition coefficient (Wildman–Crippen LogP) is 6.51. The zero-order valence-corrected chi connectivity index (χ0v) is 44.5. The summed E-state index contributed by atoms with van der Waals surface area (Å²) in [6.45, 7) is 6.01. The number of benzene rings is 3. The number of nitriles is 1. The Morgan fingerprint density at radius 1 is 0.893 bits per heavy atom. The van der Waals surface area contributed by atoms with Gasteiger partial charge < -0.3 is 42.4 Å². The Kier molecular flexibility index (Phi) is 16.7. The number of imidazole rings is 1. The van der Waals surface area contributed by atoms with Gasteiger partial charge in [-0.25, -0.2) is 9.78 Å². The Hall–Kier alpha value is -6.38. The van der Waals surface area contributed by atoms with Crippen molar-refractivity contribution in [1.82, 2.24) is 29.1 Å². The number of aromatic nitrogens is 6. The van der Waals surface area contributed by atoms with Crippen LogP contribution in [0, 0.1) is 29.6 Å². The molecule has 2 fully saturated rings. The highest BCUT2D eigenvalue weighted by molar-refractivity contribution is 8.07. The zero-order chi connectivity index (χ0) is 53.8. The number of methoxy groups -OCH3 is 2. The summed E-state index contributed by atoms with van der Waals surface area (Å²) in [4.78, 5) is 65.2. The van der Waals surface area contributed by atoms with Crippen LogP contribution in [0.15, 0.2) is 106 Å². The molecule has 8 atom stereocenters. The lowest BCUT2D eigenvalue weighted by atomic mass is 9.80. The van der Waals surface area contributed by atoms with E-state index in [0.29, 0.717) is 11.5 Å². The minimum Gasteiger partial charge on any atom is -0.497 e. The monoisotopic (exact) mass is 1070 g/mol. The van der Waals surface area contributed by atoms with Gasteiger partial charge in [0.1, 0.15) is 41.8 Å². The average Bonchev–Trinajstić information content (AvgIpc) is 4.11. The average molecular weight is 1070 g/mol. The number of anilines is 1.